The molecule has 1 aromatic rings. The van der Waals surface area contributed by atoms with Gasteiger partial charge in [0.2, 0.25) is 0 Å². The molecule has 0 aliphatic heterocycles. The molecule has 0 nitrogen and oxygen atoms in total. The molecule has 0 spiro atoms. The summed E-state index contributed by atoms with van der Waals surface area (Å²) in [5.74, 6) is -0.369. The Hall–Kier alpha value is -0.820. The first-order valence-electron chi connectivity index (χ1n) is 3.29. The topological polar surface area (TPSA) is 0 Å². The van der Waals surface area contributed by atoms with Crippen LogP contribution in [0, 0.1) is 5.82 Å². The molecule has 11 heavy (non-hydrogen) atoms. The Kier molecular flexibility index (Phi) is 2.66. The molecule has 0 saturated carbocycles. The van der Waals surface area contributed by atoms with Crippen LogP contribution in [-0.4, -0.2) is 0 Å². The first kappa shape index (κ1) is 8.28. The van der Waals surface area contributed by atoms with Crippen LogP contribution in [0.5, 0.6) is 0 Å². The zero-order valence-electron chi connectivity index (χ0n) is 5.98. The smallest absolute Gasteiger partial charge is 0.142 e. The normalized spacial score (nSPS) is 9.64. The van der Waals surface area contributed by atoms with Crippen LogP contribution in [0.2, 0.25) is 5.02 Å². The molecule has 0 fully saturated rings. The molecule has 1 aromatic carbocycles. The highest BCUT2D eigenvalue weighted by Crippen LogP contribution is 2.15. The lowest BCUT2D eigenvalue weighted by atomic mass is 10.1. The van der Waals surface area contributed by atoms with Gasteiger partial charge in [0.25, 0.3) is 0 Å². The van der Waals surface area contributed by atoms with Gasteiger partial charge >= 0.3 is 0 Å². The van der Waals surface area contributed by atoms with E-state index in [1.165, 1.54) is 6.07 Å². The van der Waals surface area contributed by atoms with Gasteiger partial charge < -0.3 is 0 Å². The van der Waals surface area contributed by atoms with Crippen LogP contribution in [0.4, 0.5) is 4.39 Å². The van der Waals surface area contributed by atoms with E-state index in [4.69, 9.17) is 11.6 Å². The van der Waals surface area contributed by atoms with Gasteiger partial charge in [0.05, 0.1) is 5.02 Å². The molecular formula is C9H8ClF. The maximum Gasteiger partial charge on any atom is 0.142 e. The molecule has 1 rings (SSSR count). The summed E-state index contributed by atoms with van der Waals surface area (Å²) in [6.07, 6.45) is 2.40. The summed E-state index contributed by atoms with van der Waals surface area (Å²) in [5, 5.41) is 0.165. The Morgan fingerprint density at radius 3 is 2.82 bits per heavy atom. The summed E-state index contributed by atoms with van der Waals surface area (Å²) in [5.41, 5.74) is 0.891. The van der Waals surface area contributed by atoms with Crippen molar-refractivity contribution in [2.24, 2.45) is 0 Å². The molecule has 0 saturated heterocycles. The van der Waals surface area contributed by atoms with E-state index >= 15 is 0 Å². The SMILES string of the molecule is C=CCc1ccc(Cl)c(F)c1. The summed E-state index contributed by atoms with van der Waals surface area (Å²) in [6.45, 7) is 3.55. The number of halogens is 2. The number of rotatable bonds is 2. The molecule has 0 heterocycles. The molecule has 0 aliphatic rings. The van der Waals surface area contributed by atoms with Crippen LogP contribution in [0.1, 0.15) is 5.56 Å². The van der Waals surface area contributed by atoms with Gasteiger partial charge in [-0.25, -0.2) is 4.39 Å². The average molecular weight is 171 g/mol. The Bertz CT molecular complexity index is 268. The van der Waals surface area contributed by atoms with Gasteiger partial charge in [-0.2, -0.15) is 0 Å². The van der Waals surface area contributed by atoms with E-state index in [9.17, 15) is 4.39 Å². The third-order valence-electron chi connectivity index (χ3n) is 1.36. The summed E-state index contributed by atoms with van der Waals surface area (Å²) in [6, 6.07) is 4.76. The van der Waals surface area contributed by atoms with Crippen molar-refractivity contribution in [1.29, 1.82) is 0 Å². The van der Waals surface area contributed by atoms with Crippen LogP contribution in [0.25, 0.3) is 0 Å². The van der Waals surface area contributed by atoms with Gasteiger partial charge in [-0.05, 0) is 24.1 Å². The third-order valence-corrected chi connectivity index (χ3v) is 1.67. The second-order valence-electron chi connectivity index (χ2n) is 2.24. The minimum absolute atomic E-state index is 0.165. The van der Waals surface area contributed by atoms with E-state index in [2.05, 4.69) is 6.58 Å². The molecule has 0 N–H and O–H groups in total. The summed E-state index contributed by atoms with van der Waals surface area (Å²) in [4.78, 5) is 0. The zero-order valence-corrected chi connectivity index (χ0v) is 6.74. The highest BCUT2D eigenvalue weighted by atomic mass is 35.5. The van der Waals surface area contributed by atoms with Crippen molar-refractivity contribution < 1.29 is 4.39 Å². The van der Waals surface area contributed by atoms with Crippen molar-refractivity contribution >= 4 is 11.6 Å². The largest absolute Gasteiger partial charge is 0.205 e. The van der Waals surface area contributed by atoms with Crippen LogP contribution in [0.3, 0.4) is 0 Å². The predicted octanol–water partition coefficient (Wildman–Crippen LogP) is 3.21. The van der Waals surface area contributed by atoms with Crippen molar-refractivity contribution in [2.75, 3.05) is 0 Å². The fourth-order valence-corrected chi connectivity index (χ4v) is 0.951. The lowest BCUT2D eigenvalue weighted by molar-refractivity contribution is 0.626. The van der Waals surface area contributed by atoms with Gasteiger partial charge in [-0.3, -0.25) is 0 Å². The van der Waals surface area contributed by atoms with E-state index in [1.807, 2.05) is 0 Å². The lowest BCUT2D eigenvalue weighted by Gasteiger charge is -1.97. The number of hydrogen-bond donors (Lipinski definition) is 0. The van der Waals surface area contributed by atoms with Crippen LogP contribution < -0.4 is 0 Å². The Labute approximate surface area is 70.3 Å². The fourth-order valence-electron chi connectivity index (χ4n) is 0.833. The quantitative estimate of drug-likeness (QED) is 0.598. The van der Waals surface area contributed by atoms with E-state index in [-0.39, 0.29) is 10.8 Å². The molecule has 0 bridgehead atoms. The molecule has 0 aromatic heterocycles. The second kappa shape index (κ2) is 3.54. The highest BCUT2D eigenvalue weighted by molar-refractivity contribution is 6.30. The molecule has 0 radical (unpaired) electrons. The van der Waals surface area contributed by atoms with Crippen LogP contribution in [0.15, 0.2) is 30.9 Å². The summed E-state index contributed by atoms with van der Waals surface area (Å²) in [7, 11) is 0. The fraction of sp³-hybridized carbons (Fsp3) is 0.111. The number of benzene rings is 1. The van der Waals surface area contributed by atoms with Gasteiger partial charge in [-0.1, -0.05) is 23.7 Å². The maximum absolute atomic E-state index is 12.7. The van der Waals surface area contributed by atoms with Crippen molar-refractivity contribution in [3.05, 3.63) is 47.3 Å². The van der Waals surface area contributed by atoms with Crippen molar-refractivity contribution in [1.82, 2.24) is 0 Å². The standard InChI is InChI=1S/C9H8ClF/c1-2-3-7-4-5-8(10)9(11)6-7/h2,4-6H,1,3H2. The zero-order chi connectivity index (χ0) is 8.27. The second-order valence-corrected chi connectivity index (χ2v) is 2.65. The average Bonchev–Trinajstić information content (AvgIpc) is 1.98. The maximum atomic E-state index is 12.7. The Morgan fingerprint density at radius 1 is 1.55 bits per heavy atom. The number of hydrogen-bond acceptors (Lipinski definition) is 0. The first-order chi connectivity index (χ1) is 5.24. The first-order valence-corrected chi connectivity index (χ1v) is 3.66. The van der Waals surface area contributed by atoms with Crippen molar-refractivity contribution in [3.63, 3.8) is 0 Å². The third kappa shape index (κ3) is 2.05. The van der Waals surface area contributed by atoms with E-state index in [1.54, 1.807) is 18.2 Å². The molecule has 0 atom stereocenters. The van der Waals surface area contributed by atoms with E-state index < -0.39 is 0 Å². The minimum atomic E-state index is -0.369. The summed E-state index contributed by atoms with van der Waals surface area (Å²) < 4.78 is 12.7. The molecule has 0 aliphatic carbocycles. The Morgan fingerprint density at radius 2 is 2.27 bits per heavy atom. The molecular weight excluding hydrogens is 163 g/mol. The summed E-state index contributed by atoms with van der Waals surface area (Å²) >= 11 is 5.48. The number of allylic oxidation sites excluding steroid dienone is 1. The molecule has 0 unspecified atom stereocenters. The monoisotopic (exact) mass is 170 g/mol. The van der Waals surface area contributed by atoms with Gasteiger partial charge in [0.15, 0.2) is 0 Å². The molecule has 58 valence electrons. The minimum Gasteiger partial charge on any atom is -0.205 e. The predicted molar refractivity (Wildman–Crippen MR) is 45.3 cm³/mol. The van der Waals surface area contributed by atoms with Gasteiger partial charge in [-0.15, -0.1) is 6.58 Å². The highest BCUT2D eigenvalue weighted by Gasteiger charge is 1.98. The van der Waals surface area contributed by atoms with Crippen LogP contribution in [-0.2, 0) is 6.42 Å². The van der Waals surface area contributed by atoms with E-state index in [0.717, 1.165) is 5.56 Å². The Balaban J connectivity index is 2.95. The van der Waals surface area contributed by atoms with Crippen LogP contribution >= 0.6 is 11.6 Å². The van der Waals surface area contributed by atoms with Crippen molar-refractivity contribution in [2.45, 2.75) is 6.42 Å². The van der Waals surface area contributed by atoms with Crippen molar-refractivity contribution in [3.8, 4) is 0 Å². The van der Waals surface area contributed by atoms with E-state index in [0.29, 0.717) is 6.42 Å². The van der Waals surface area contributed by atoms with Gasteiger partial charge in [0.1, 0.15) is 5.82 Å². The molecule has 2 heteroatoms. The lowest BCUT2D eigenvalue weighted by Crippen LogP contribution is -1.83. The van der Waals surface area contributed by atoms with Gasteiger partial charge in [0, 0.05) is 0 Å². The molecule has 0 amide bonds.